The van der Waals surface area contributed by atoms with Crippen molar-refractivity contribution in [3.8, 4) is 0 Å². The molecule has 1 fully saturated rings. The van der Waals surface area contributed by atoms with E-state index in [0.717, 1.165) is 17.1 Å². The Hall–Kier alpha value is -2.20. The number of aromatic amines is 2. The third-order valence-electron chi connectivity index (χ3n) is 5.40. The summed E-state index contributed by atoms with van der Waals surface area (Å²) in [5, 5.41) is 6.82. The molecular formula is C16H22N6O3S. The number of carbonyl (C=O) groups is 1. The quantitative estimate of drug-likeness (QED) is 0.784. The number of hydrogen-bond donors (Lipinski definition) is 2. The van der Waals surface area contributed by atoms with E-state index in [1.54, 1.807) is 21.6 Å². The fraction of sp³-hybridized carbons (Fsp3) is 0.562. The zero-order chi connectivity index (χ0) is 18.5. The molecule has 4 rings (SSSR count). The van der Waals surface area contributed by atoms with Gasteiger partial charge in [-0.15, -0.1) is 0 Å². The molecule has 0 aromatic carbocycles. The molecule has 2 aromatic heterocycles. The molecule has 0 aliphatic carbocycles. The number of aromatic nitrogens is 4. The number of rotatable bonds is 2. The predicted molar refractivity (Wildman–Crippen MR) is 94.0 cm³/mol. The number of piperidine rings is 1. The zero-order valence-corrected chi connectivity index (χ0v) is 15.6. The Morgan fingerprint density at radius 2 is 2.00 bits per heavy atom. The summed E-state index contributed by atoms with van der Waals surface area (Å²) in [6.07, 6.45) is 4.54. The van der Waals surface area contributed by atoms with Crippen LogP contribution >= 0.6 is 0 Å². The smallest absolute Gasteiger partial charge is 0.274 e. The summed E-state index contributed by atoms with van der Waals surface area (Å²) in [6.45, 7) is 3.20. The molecular weight excluding hydrogens is 356 g/mol. The number of nitrogens with zero attached hydrogens (tertiary/aromatic N) is 4. The normalized spacial score (nSPS) is 20.3. The van der Waals surface area contributed by atoms with Crippen molar-refractivity contribution in [2.45, 2.75) is 31.7 Å². The lowest BCUT2D eigenvalue weighted by Gasteiger charge is -2.49. The van der Waals surface area contributed by atoms with Crippen molar-refractivity contribution in [2.24, 2.45) is 0 Å². The maximum absolute atomic E-state index is 12.6. The number of fused-ring (bicyclic) bond motifs is 2. The standard InChI is InChI=1S/C16H22N6O3S/c1-11-9-13(20-19-11)15(23)21-7-4-16(5-8-21)14-12(17-10-18-14)3-6-22(16)26(2,24)25/h9-10H,3-8H2,1-2H3,(H,17,18)(H,19,20). The first-order valence-corrected chi connectivity index (χ1v) is 10.5. The minimum Gasteiger partial charge on any atom is -0.348 e. The van der Waals surface area contributed by atoms with Crippen molar-refractivity contribution < 1.29 is 13.2 Å². The molecule has 0 radical (unpaired) electrons. The Kier molecular flexibility index (Phi) is 3.92. The van der Waals surface area contributed by atoms with Gasteiger partial charge in [-0.2, -0.15) is 9.40 Å². The van der Waals surface area contributed by atoms with E-state index < -0.39 is 15.6 Å². The average Bonchev–Trinajstić information content (AvgIpc) is 3.23. The number of nitrogens with one attached hydrogen (secondary N) is 2. The molecule has 2 aromatic rings. The van der Waals surface area contributed by atoms with Crippen molar-refractivity contribution >= 4 is 15.9 Å². The third-order valence-corrected chi connectivity index (χ3v) is 6.74. The molecule has 140 valence electrons. The SMILES string of the molecule is Cc1cc(C(=O)N2CCC3(CC2)c2nc[nH]c2CCN3S(C)(=O)=O)n[nH]1. The molecule has 4 heterocycles. The molecule has 10 heteroatoms. The minimum atomic E-state index is -3.38. The average molecular weight is 378 g/mol. The minimum absolute atomic E-state index is 0.131. The number of aryl methyl sites for hydroxylation is 1. The lowest BCUT2D eigenvalue weighted by Crippen LogP contribution is -2.58. The van der Waals surface area contributed by atoms with Crippen LogP contribution in [0.15, 0.2) is 12.4 Å². The predicted octanol–water partition coefficient (Wildman–Crippen LogP) is 0.390. The molecule has 2 aliphatic rings. The highest BCUT2D eigenvalue weighted by atomic mass is 32.2. The van der Waals surface area contributed by atoms with E-state index in [0.29, 0.717) is 44.6 Å². The van der Waals surface area contributed by atoms with Gasteiger partial charge in [-0.05, 0) is 25.8 Å². The van der Waals surface area contributed by atoms with E-state index in [1.165, 1.54) is 6.26 Å². The van der Waals surface area contributed by atoms with Gasteiger partial charge in [0.15, 0.2) is 0 Å². The van der Waals surface area contributed by atoms with Gasteiger partial charge in [-0.1, -0.05) is 0 Å². The molecule has 0 atom stereocenters. The summed E-state index contributed by atoms with van der Waals surface area (Å²) in [6, 6.07) is 1.72. The number of hydrogen-bond acceptors (Lipinski definition) is 5. The molecule has 1 saturated heterocycles. The molecule has 26 heavy (non-hydrogen) atoms. The van der Waals surface area contributed by atoms with E-state index in [1.807, 2.05) is 6.92 Å². The van der Waals surface area contributed by atoms with Gasteiger partial charge in [-0.3, -0.25) is 9.89 Å². The van der Waals surface area contributed by atoms with Gasteiger partial charge in [0.25, 0.3) is 5.91 Å². The highest BCUT2D eigenvalue weighted by Gasteiger charge is 2.50. The number of carbonyl (C=O) groups excluding carboxylic acids is 1. The van der Waals surface area contributed by atoms with E-state index in [4.69, 9.17) is 0 Å². The molecule has 9 nitrogen and oxygen atoms in total. The van der Waals surface area contributed by atoms with E-state index in [2.05, 4.69) is 20.2 Å². The van der Waals surface area contributed by atoms with Crippen LogP contribution in [0.25, 0.3) is 0 Å². The summed E-state index contributed by atoms with van der Waals surface area (Å²) in [4.78, 5) is 22.0. The maximum atomic E-state index is 12.6. The molecule has 1 amide bonds. The monoisotopic (exact) mass is 378 g/mol. The zero-order valence-electron chi connectivity index (χ0n) is 14.8. The molecule has 2 aliphatic heterocycles. The van der Waals surface area contributed by atoms with Crippen molar-refractivity contribution in [2.75, 3.05) is 25.9 Å². The van der Waals surface area contributed by atoms with Crippen LogP contribution in [0.5, 0.6) is 0 Å². The van der Waals surface area contributed by atoms with Crippen LogP contribution < -0.4 is 0 Å². The Balaban J connectivity index is 1.62. The molecule has 0 bridgehead atoms. The molecule has 0 saturated carbocycles. The van der Waals surface area contributed by atoms with Gasteiger partial charge in [0.1, 0.15) is 5.69 Å². The largest absolute Gasteiger partial charge is 0.348 e. The fourth-order valence-electron chi connectivity index (χ4n) is 4.20. The van der Waals surface area contributed by atoms with Crippen LogP contribution in [0.1, 0.15) is 40.4 Å². The molecule has 2 N–H and O–H groups in total. The number of H-pyrrole nitrogens is 2. The maximum Gasteiger partial charge on any atom is 0.274 e. The van der Waals surface area contributed by atoms with Crippen molar-refractivity contribution in [3.63, 3.8) is 0 Å². The third kappa shape index (κ3) is 2.64. The lowest BCUT2D eigenvalue weighted by molar-refractivity contribution is 0.0458. The summed E-state index contributed by atoms with van der Waals surface area (Å²) < 4.78 is 26.4. The van der Waals surface area contributed by atoms with E-state index >= 15 is 0 Å². The van der Waals surface area contributed by atoms with Crippen molar-refractivity contribution in [1.29, 1.82) is 0 Å². The molecule has 1 spiro atoms. The summed E-state index contributed by atoms with van der Waals surface area (Å²) in [5.41, 5.74) is 2.34. The highest BCUT2D eigenvalue weighted by Crippen LogP contribution is 2.43. The Morgan fingerprint density at radius 3 is 2.62 bits per heavy atom. The Bertz CT molecular complexity index is 939. The van der Waals surface area contributed by atoms with Crippen LogP contribution in [0.3, 0.4) is 0 Å². The van der Waals surface area contributed by atoms with Crippen LogP contribution in [-0.4, -0.2) is 69.6 Å². The number of imidazole rings is 1. The van der Waals surface area contributed by atoms with Gasteiger partial charge >= 0.3 is 0 Å². The molecule has 0 unspecified atom stereocenters. The number of sulfonamides is 1. The van der Waals surface area contributed by atoms with Gasteiger partial charge in [0.2, 0.25) is 10.0 Å². The summed E-state index contributed by atoms with van der Waals surface area (Å²) in [7, 11) is -3.38. The van der Waals surface area contributed by atoms with Crippen LogP contribution in [0.2, 0.25) is 0 Å². The highest BCUT2D eigenvalue weighted by molar-refractivity contribution is 7.88. The van der Waals surface area contributed by atoms with Crippen molar-refractivity contribution in [3.05, 3.63) is 35.2 Å². The second-order valence-corrected chi connectivity index (χ2v) is 8.98. The number of likely N-dealkylation sites (tertiary alicyclic amines) is 1. The lowest BCUT2D eigenvalue weighted by atomic mass is 9.80. The summed E-state index contributed by atoms with van der Waals surface area (Å²) >= 11 is 0. The van der Waals surface area contributed by atoms with Gasteiger partial charge in [0, 0.05) is 37.4 Å². The van der Waals surface area contributed by atoms with Gasteiger partial charge < -0.3 is 9.88 Å². The first-order valence-electron chi connectivity index (χ1n) is 8.63. The second-order valence-electron chi connectivity index (χ2n) is 7.07. The first kappa shape index (κ1) is 17.2. The van der Waals surface area contributed by atoms with Crippen LogP contribution in [0, 0.1) is 6.92 Å². The van der Waals surface area contributed by atoms with Crippen molar-refractivity contribution in [1.82, 2.24) is 29.4 Å². The van der Waals surface area contributed by atoms with Gasteiger partial charge in [0.05, 0.1) is 23.8 Å². The van der Waals surface area contributed by atoms with Gasteiger partial charge in [-0.25, -0.2) is 13.4 Å². The Morgan fingerprint density at radius 1 is 1.27 bits per heavy atom. The fourth-order valence-corrected chi connectivity index (χ4v) is 5.52. The van der Waals surface area contributed by atoms with Crippen LogP contribution in [0.4, 0.5) is 0 Å². The second kappa shape index (κ2) is 5.92. The first-order chi connectivity index (χ1) is 12.3. The van der Waals surface area contributed by atoms with E-state index in [-0.39, 0.29) is 5.91 Å². The Labute approximate surface area is 151 Å². The van der Waals surface area contributed by atoms with Crippen LogP contribution in [-0.2, 0) is 22.0 Å². The van der Waals surface area contributed by atoms with E-state index in [9.17, 15) is 13.2 Å². The summed E-state index contributed by atoms with van der Waals surface area (Å²) in [5.74, 6) is -0.131. The number of amides is 1. The topological polar surface area (TPSA) is 115 Å².